The molecule has 1 aliphatic heterocycles. The molecule has 16 heavy (non-hydrogen) atoms. The van der Waals surface area contributed by atoms with Crippen LogP contribution in [0.1, 0.15) is 5.69 Å². The first-order valence-electron chi connectivity index (χ1n) is 5.80. The zero-order chi connectivity index (χ0) is 11.4. The van der Waals surface area contributed by atoms with Gasteiger partial charge in [-0.05, 0) is 7.05 Å². The van der Waals surface area contributed by atoms with E-state index in [1.165, 1.54) is 0 Å². The van der Waals surface area contributed by atoms with Gasteiger partial charge in [0.25, 0.3) is 0 Å². The molecule has 1 aromatic rings. The molecule has 1 aliphatic rings. The minimum absolute atomic E-state index is 0.0293. The summed E-state index contributed by atoms with van der Waals surface area (Å²) < 4.78 is 2.05. The van der Waals surface area contributed by atoms with Gasteiger partial charge in [-0.2, -0.15) is 0 Å². The SMILES string of the molecule is CN1CCN(CCn2cnc(CO)c2)CC1. The van der Waals surface area contributed by atoms with Crippen LogP contribution in [-0.4, -0.2) is 64.2 Å². The number of hydrogen-bond acceptors (Lipinski definition) is 4. The molecule has 0 aliphatic carbocycles. The molecular formula is C11H20N4O. The van der Waals surface area contributed by atoms with Crippen molar-refractivity contribution in [3.05, 3.63) is 18.2 Å². The van der Waals surface area contributed by atoms with Gasteiger partial charge in [0.1, 0.15) is 0 Å². The van der Waals surface area contributed by atoms with Gasteiger partial charge in [-0.25, -0.2) is 4.98 Å². The lowest BCUT2D eigenvalue weighted by molar-refractivity contribution is 0.150. The van der Waals surface area contributed by atoms with Crippen LogP contribution in [0.15, 0.2) is 12.5 Å². The lowest BCUT2D eigenvalue weighted by Crippen LogP contribution is -2.45. The van der Waals surface area contributed by atoms with E-state index in [9.17, 15) is 0 Å². The van der Waals surface area contributed by atoms with Crippen molar-refractivity contribution in [1.82, 2.24) is 19.4 Å². The molecule has 5 nitrogen and oxygen atoms in total. The van der Waals surface area contributed by atoms with E-state index < -0.39 is 0 Å². The van der Waals surface area contributed by atoms with Gasteiger partial charge < -0.3 is 14.6 Å². The maximum absolute atomic E-state index is 8.91. The summed E-state index contributed by atoms with van der Waals surface area (Å²) in [6, 6.07) is 0. The first-order valence-corrected chi connectivity index (χ1v) is 5.80. The number of likely N-dealkylation sites (N-methyl/N-ethyl adjacent to an activating group) is 1. The zero-order valence-electron chi connectivity index (χ0n) is 9.84. The maximum Gasteiger partial charge on any atom is 0.0950 e. The number of aliphatic hydroxyl groups excluding tert-OH is 1. The van der Waals surface area contributed by atoms with Gasteiger partial charge in [-0.1, -0.05) is 0 Å². The Kier molecular flexibility index (Phi) is 3.93. The van der Waals surface area contributed by atoms with E-state index >= 15 is 0 Å². The van der Waals surface area contributed by atoms with Gasteiger partial charge in [-0.15, -0.1) is 0 Å². The van der Waals surface area contributed by atoms with Gasteiger partial charge in [0, 0.05) is 45.5 Å². The van der Waals surface area contributed by atoms with Crippen molar-refractivity contribution in [2.24, 2.45) is 0 Å². The fourth-order valence-corrected chi connectivity index (χ4v) is 1.94. The zero-order valence-corrected chi connectivity index (χ0v) is 9.84. The van der Waals surface area contributed by atoms with Crippen molar-refractivity contribution in [2.75, 3.05) is 39.8 Å². The van der Waals surface area contributed by atoms with Crippen molar-refractivity contribution < 1.29 is 5.11 Å². The molecule has 0 spiro atoms. The highest BCUT2D eigenvalue weighted by atomic mass is 16.3. The Morgan fingerprint density at radius 3 is 2.62 bits per heavy atom. The van der Waals surface area contributed by atoms with Crippen LogP contribution in [0.3, 0.4) is 0 Å². The summed E-state index contributed by atoms with van der Waals surface area (Å²) in [7, 11) is 2.17. The molecule has 1 fully saturated rings. The molecule has 1 aromatic heterocycles. The fourth-order valence-electron chi connectivity index (χ4n) is 1.94. The molecule has 0 unspecified atom stereocenters. The van der Waals surface area contributed by atoms with E-state index in [2.05, 4.69) is 21.8 Å². The van der Waals surface area contributed by atoms with E-state index in [0.29, 0.717) is 0 Å². The minimum atomic E-state index is 0.0293. The average molecular weight is 224 g/mol. The molecule has 2 rings (SSSR count). The summed E-state index contributed by atoms with van der Waals surface area (Å²) >= 11 is 0. The Labute approximate surface area is 96.3 Å². The summed E-state index contributed by atoms with van der Waals surface area (Å²) in [5, 5.41) is 8.91. The third kappa shape index (κ3) is 3.04. The van der Waals surface area contributed by atoms with Crippen LogP contribution in [0.25, 0.3) is 0 Å². The quantitative estimate of drug-likeness (QED) is 0.757. The van der Waals surface area contributed by atoms with Crippen LogP contribution >= 0.6 is 0 Å². The smallest absolute Gasteiger partial charge is 0.0950 e. The summed E-state index contributed by atoms with van der Waals surface area (Å²) in [6.45, 7) is 6.67. The summed E-state index contributed by atoms with van der Waals surface area (Å²) in [5.74, 6) is 0. The lowest BCUT2D eigenvalue weighted by atomic mass is 10.3. The van der Waals surface area contributed by atoms with Crippen molar-refractivity contribution in [2.45, 2.75) is 13.2 Å². The van der Waals surface area contributed by atoms with Crippen LogP contribution in [0.2, 0.25) is 0 Å². The Morgan fingerprint density at radius 2 is 2.00 bits per heavy atom. The predicted molar refractivity (Wildman–Crippen MR) is 62.1 cm³/mol. The molecule has 0 aromatic carbocycles. The molecule has 0 bridgehead atoms. The molecule has 2 heterocycles. The van der Waals surface area contributed by atoms with Crippen LogP contribution in [0, 0.1) is 0 Å². The minimum Gasteiger partial charge on any atom is -0.390 e. The Morgan fingerprint density at radius 1 is 1.25 bits per heavy atom. The Balaban J connectivity index is 1.74. The Bertz CT molecular complexity index is 318. The standard InChI is InChI=1S/C11H20N4O/c1-13-2-4-14(5-3-13)6-7-15-8-11(9-16)12-10-15/h8,10,16H,2-7,9H2,1H3. The van der Waals surface area contributed by atoms with Gasteiger partial charge in [-0.3, -0.25) is 4.90 Å². The normalized spacial score (nSPS) is 19.1. The van der Waals surface area contributed by atoms with Crippen LogP contribution in [0.4, 0.5) is 0 Å². The molecule has 0 amide bonds. The van der Waals surface area contributed by atoms with Crippen LogP contribution < -0.4 is 0 Å². The van der Waals surface area contributed by atoms with E-state index in [0.717, 1.165) is 45.0 Å². The number of imidazole rings is 1. The predicted octanol–water partition coefficient (Wildman–Crippen LogP) is -0.377. The highest BCUT2D eigenvalue weighted by Gasteiger charge is 2.12. The van der Waals surface area contributed by atoms with E-state index in [4.69, 9.17) is 5.11 Å². The highest BCUT2D eigenvalue weighted by molar-refractivity contribution is 4.94. The van der Waals surface area contributed by atoms with E-state index in [1.54, 1.807) is 6.33 Å². The molecule has 0 atom stereocenters. The summed E-state index contributed by atoms with van der Waals surface area (Å²) in [4.78, 5) is 8.93. The number of aliphatic hydroxyl groups is 1. The van der Waals surface area contributed by atoms with Gasteiger partial charge in [0.05, 0.1) is 18.6 Å². The fraction of sp³-hybridized carbons (Fsp3) is 0.727. The van der Waals surface area contributed by atoms with E-state index in [-0.39, 0.29) is 6.61 Å². The van der Waals surface area contributed by atoms with Gasteiger partial charge in [0.15, 0.2) is 0 Å². The van der Waals surface area contributed by atoms with Crippen molar-refractivity contribution in [3.8, 4) is 0 Å². The van der Waals surface area contributed by atoms with Crippen molar-refractivity contribution in [1.29, 1.82) is 0 Å². The number of nitrogens with zero attached hydrogens (tertiary/aromatic N) is 4. The van der Waals surface area contributed by atoms with Crippen molar-refractivity contribution in [3.63, 3.8) is 0 Å². The first-order chi connectivity index (χ1) is 7.78. The van der Waals surface area contributed by atoms with Crippen molar-refractivity contribution >= 4 is 0 Å². The van der Waals surface area contributed by atoms with Crippen LogP contribution in [-0.2, 0) is 13.2 Å². The second-order valence-electron chi connectivity index (χ2n) is 4.41. The highest BCUT2D eigenvalue weighted by Crippen LogP contribution is 2.01. The molecule has 0 saturated carbocycles. The molecule has 90 valence electrons. The molecule has 1 saturated heterocycles. The number of rotatable bonds is 4. The second-order valence-corrected chi connectivity index (χ2v) is 4.41. The molecular weight excluding hydrogens is 204 g/mol. The molecule has 0 radical (unpaired) electrons. The topological polar surface area (TPSA) is 44.5 Å². The third-order valence-electron chi connectivity index (χ3n) is 3.12. The first kappa shape index (κ1) is 11.6. The number of hydrogen-bond donors (Lipinski definition) is 1. The van der Waals surface area contributed by atoms with Gasteiger partial charge in [0.2, 0.25) is 0 Å². The van der Waals surface area contributed by atoms with E-state index in [1.807, 2.05) is 10.8 Å². The monoisotopic (exact) mass is 224 g/mol. The van der Waals surface area contributed by atoms with Gasteiger partial charge >= 0.3 is 0 Å². The lowest BCUT2D eigenvalue weighted by Gasteiger charge is -2.32. The maximum atomic E-state index is 8.91. The Hall–Kier alpha value is -0.910. The number of aromatic nitrogens is 2. The largest absolute Gasteiger partial charge is 0.390 e. The summed E-state index contributed by atoms with van der Waals surface area (Å²) in [6.07, 6.45) is 3.71. The third-order valence-corrected chi connectivity index (χ3v) is 3.12. The average Bonchev–Trinajstić information content (AvgIpc) is 2.76. The second kappa shape index (κ2) is 5.43. The molecule has 1 N–H and O–H groups in total. The molecule has 5 heteroatoms. The van der Waals surface area contributed by atoms with Crippen LogP contribution in [0.5, 0.6) is 0 Å². The summed E-state index contributed by atoms with van der Waals surface area (Å²) in [5.41, 5.74) is 0.748. The number of piperazine rings is 1.